The summed E-state index contributed by atoms with van der Waals surface area (Å²) in [5.41, 5.74) is 0.103. The lowest BCUT2D eigenvalue weighted by atomic mass is 10.2. The summed E-state index contributed by atoms with van der Waals surface area (Å²) in [5, 5.41) is 2.56. The summed E-state index contributed by atoms with van der Waals surface area (Å²) >= 11 is 0. The van der Waals surface area contributed by atoms with Crippen LogP contribution in [0.15, 0.2) is 29.2 Å². The third-order valence-electron chi connectivity index (χ3n) is 3.78. The van der Waals surface area contributed by atoms with E-state index >= 15 is 0 Å². The molecule has 7 nitrogen and oxygen atoms in total. The predicted molar refractivity (Wildman–Crippen MR) is 88.0 cm³/mol. The molecule has 24 heavy (non-hydrogen) atoms. The molecule has 1 aromatic rings. The lowest BCUT2D eigenvalue weighted by molar-refractivity contribution is -0.128. The average Bonchev–Trinajstić information content (AvgIpc) is 3.10. The summed E-state index contributed by atoms with van der Waals surface area (Å²) in [6, 6.07) is 5.71. The van der Waals surface area contributed by atoms with E-state index in [-0.39, 0.29) is 10.5 Å². The molecule has 0 saturated carbocycles. The first kappa shape index (κ1) is 18.4. The van der Waals surface area contributed by atoms with Gasteiger partial charge in [-0.05, 0) is 44.9 Å². The molecule has 1 atom stereocenters. The SMILES string of the molecule is CCNC(=O)[C@H](C)OC(=O)c1cccc(S(=O)(=O)N2CCCC2)c1. The van der Waals surface area contributed by atoms with Crippen molar-refractivity contribution >= 4 is 21.9 Å². The summed E-state index contributed by atoms with van der Waals surface area (Å²) in [4.78, 5) is 23.8. The molecule has 0 radical (unpaired) electrons. The van der Waals surface area contributed by atoms with Gasteiger partial charge in [-0.3, -0.25) is 4.79 Å². The van der Waals surface area contributed by atoms with E-state index in [1.807, 2.05) is 0 Å². The number of esters is 1. The number of sulfonamides is 1. The Hall–Kier alpha value is -1.93. The van der Waals surface area contributed by atoms with Crippen molar-refractivity contribution in [2.24, 2.45) is 0 Å². The second-order valence-electron chi connectivity index (χ2n) is 5.58. The van der Waals surface area contributed by atoms with Crippen molar-refractivity contribution in [1.82, 2.24) is 9.62 Å². The molecule has 1 heterocycles. The highest BCUT2D eigenvalue weighted by Crippen LogP contribution is 2.22. The Balaban J connectivity index is 2.15. The van der Waals surface area contributed by atoms with Crippen molar-refractivity contribution in [1.29, 1.82) is 0 Å². The van der Waals surface area contributed by atoms with Gasteiger partial charge in [0.1, 0.15) is 0 Å². The van der Waals surface area contributed by atoms with Gasteiger partial charge in [-0.1, -0.05) is 6.07 Å². The van der Waals surface area contributed by atoms with Gasteiger partial charge < -0.3 is 10.1 Å². The zero-order valence-corrected chi connectivity index (χ0v) is 14.6. The highest BCUT2D eigenvalue weighted by molar-refractivity contribution is 7.89. The van der Waals surface area contributed by atoms with Gasteiger partial charge in [-0.25, -0.2) is 13.2 Å². The third kappa shape index (κ3) is 4.12. The normalized spacial score (nSPS) is 16.6. The first-order chi connectivity index (χ1) is 11.4. The minimum absolute atomic E-state index is 0.0597. The van der Waals surface area contributed by atoms with Crippen molar-refractivity contribution in [3.63, 3.8) is 0 Å². The van der Waals surface area contributed by atoms with E-state index in [1.54, 1.807) is 6.92 Å². The number of carbonyl (C=O) groups is 2. The molecular formula is C16H22N2O5S. The minimum atomic E-state index is -3.60. The predicted octanol–water partition coefficient (Wildman–Crippen LogP) is 1.15. The van der Waals surface area contributed by atoms with Crippen LogP contribution in [0.2, 0.25) is 0 Å². The monoisotopic (exact) mass is 354 g/mol. The molecule has 1 saturated heterocycles. The van der Waals surface area contributed by atoms with Crippen molar-refractivity contribution in [3.05, 3.63) is 29.8 Å². The van der Waals surface area contributed by atoms with Gasteiger partial charge in [0.25, 0.3) is 5.91 Å². The van der Waals surface area contributed by atoms with Gasteiger partial charge in [0.15, 0.2) is 6.10 Å². The van der Waals surface area contributed by atoms with Gasteiger partial charge in [0.05, 0.1) is 10.5 Å². The van der Waals surface area contributed by atoms with E-state index in [9.17, 15) is 18.0 Å². The molecule has 1 N–H and O–H groups in total. The number of nitrogens with one attached hydrogen (secondary N) is 1. The van der Waals surface area contributed by atoms with Crippen LogP contribution in [0.4, 0.5) is 0 Å². The Labute approximate surface area is 142 Å². The molecule has 0 spiro atoms. The Morgan fingerprint density at radius 3 is 2.58 bits per heavy atom. The van der Waals surface area contributed by atoms with Crippen molar-refractivity contribution in [2.75, 3.05) is 19.6 Å². The number of likely N-dealkylation sites (N-methyl/N-ethyl adjacent to an activating group) is 1. The Bertz CT molecular complexity index is 711. The zero-order chi connectivity index (χ0) is 17.7. The molecule has 2 rings (SSSR count). The van der Waals surface area contributed by atoms with Crippen molar-refractivity contribution < 1.29 is 22.7 Å². The van der Waals surface area contributed by atoms with Crippen LogP contribution in [-0.4, -0.2) is 50.3 Å². The summed E-state index contributed by atoms with van der Waals surface area (Å²) in [5.74, 6) is -1.13. The van der Waals surface area contributed by atoms with Gasteiger partial charge in [-0.15, -0.1) is 0 Å². The maximum Gasteiger partial charge on any atom is 0.338 e. The number of hydrogen-bond acceptors (Lipinski definition) is 5. The van der Waals surface area contributed by atoms with E-state index < -0.39 is 28.0 Å². The van der Waals surface area contributed by atoms with E-state index in [4.69, 9.17) is 4.74 Å². The number of hydrogen-bond donors (Lipinski definition) is 1. The molecule has 1 fully saturated rings. The second-order valence-corrected chi connectivity index (χ2v) is 7.52. The van der Waals surface area contributed by atoms with Crippen LogP contribution in [0.1, 0.15) is 37.0 Å². The number of nitrogens with zero attached hydrogens (tertiary/aromatic N) is 1. The van der Waals surface area contributed by atoms with Gasteiger partial charge in [0.2, 0.25) is 10.0 Å². The van der Waals surface area contributed by atoms with E-state index in [1.165, 1.54) is 35.5 Å². The second kappa shape index (κ2) is 7.76. The molecule has 132 valence electrons. The molecule has 0 aliphatic carbocycles. The number of ether oxygens (including phenoxy) is 1. The van der Waals surface area contributed by atoms with Crippen LogP contribution in [0.3, 0.4) is 0 Å². The highest BCUT2D eigenvalue weighted by Gasteiger charge is 2.28. The summed E-state index contributed by atoms with van der Waals surface area (Å²) in [6.07, 6.45) is 0.729. The molecule has 1 aromatic carbocycles. The number of rotatable bonds is 6. The average molecular weight is 354 g/mol. The highest BCUT2D eigenvalue weighted by atomic mass is 32.2. The maximum atomic E-state index is 12.5. The third-order valence-corrected chi connectivity index (χ3v) is 5.67. The molecule has 1 amide bonds. The maximum absolute atomic E-state index is 12.5. The molecule has 1 aliphatic rings. The summed E-state index contributed by atoms with van der Waals surface area (Å²) in [7, 11) is -3.60. The lowest BCUT2D eigenvalue weighted by Gasteiger charge is -2.16. The van der Waals surface area contributed by atoms with E-state index in [0.29, 0.717) is 19.6 Å². The van der Waals surface area contributed by atoms with E-state index in [2.05, 4.69) is 5.32 Å². The number of carbonyl (C=O) groups excluding carboxylic acids is 2. The Kier molecular flexibility index (Phi) is 5.95. The van der Waals surface area contributed by atoms with Crippen molar-refractivity contribution in [2.45, 2.75) is 37.7 Å². The summed E-state index contributed by atoms with van der Waals surface area (Å²) in [6.45, 7) is 4.65. The zero-order valence-electron chi connectivity index (χ0n) is 13.8. The van der Waals surface area contributed by atoms with Crippen LogP contribution in [-0.2, 0) is 19.6 Å². The van der Waals surface area contributed by atoms with Crippen LogP contribution >= 0.6 is 0 Å². The Morgan fingerprint density at radius 2 is 1.96 bits per heavy atom. The minimum Gasteiger partial charge on any atom is -0.449 e. The smallest absolute Gasteiger partial charge is 0.338 e. The van der Waals surface area contributed by atoms with Gasteiger partial charge in [0, 0.05) is 19.6 Å². The first-order valence-corrected chi connectivity index (χ1v) is 9.39. The van der Waals surface area contributed by atoms with Crippen LogP contribution in [0.5, 0.6) is 0 Å². The fraction of sp³-hybridized carbons (Fsp3) is 0.500. The Morgan fingerprint density at radius 1 is 1.29 bits per heavy atom. The first-order valence-electron chi connectivity index (χ1n) is 7.95. The molecule has 0 bridgehead atoms. The van der Waals surface area contributed by atoms with Gasteiger partial charge >= 0.3 is 5.97 Å². The molecule has 0 unspecified atom stereocenters. The largest absolute Gasteiger partial charge is 0.449 e. The molecule has 8 heteroatoms. The fourth-order valence-electron chi connectivity index (χ4n) is 2.46. The van der Waals surface area contributed by atoms with Crippen molar-refractivity contribution in [3.8, 4) is 0 Å². The number of amides is 1. The quantitative estimate of drug-likeness (QED) is 0.774. The summed E-state index contributed by atoms with van der Waals surface area (Å²) < 4.78 is 31.6. The topological polar surface area (TPSA) is 92.8 Å². The number of benzene rings is 1. The van der Waals surface area contributed by atoms with E-state index in [0.717, 1.165) is 12.8 Å². The standard InChI is InChI=1S/C16H22N2O5S/c1-3-17-15(19)12(2)23-16(20)13-7-6-8-14(11-13)24(21,22)18-9-4-5-10-18/h6-8,11-12H,3-5,9-10H2,1-2H3,(H,17,19)/t12-/m0/s1. The van der Waals surface area contributed by atoms with Gasteiger partial charge in [-0.2, -0.15) is 4.31 Å². The lowest BCUT2D eigenvalue weighted by Crippen LogP contribution is -2.35. The molecule has 1 aliphatic heterocycles. The van der Waals surface area contributed by atoms with Crippen LogP contribution in [0.25, 0.3) is 0 Å². The molecule has 0 aromatic heterocycles. The molecular weight excluding hydrogens is 332 g/mol. The van der Waals surface area contributed by atoms with Crippen LogP contribution in [0, 0.1) is 0 Å². The van der Waals surface area contributed by atoms with Crippen LogP contribution < -0.4 is 5.32 Å². The fourth-order valence-corrected chi connectivity index (χ4v) is 4.02.